The molecule has 20 nitrogen and oxygen atoms in total. The molecule has 4 aliphatic carbocycles. The fourth-order valence-corrected chi connectivity index (χ4v) is 33.2. The van der Waals surface area contributed by atoms with Crippen molar-refractivity contribution < 1.29 is 109 Å². The highest BCUT2D eigenvalue weighted by Crippen LogP contribution is 2.62. The first-order chi connectivity index (χ1) is 61.5. The van der Waals surface area contributed by atoms with Gasteiger partial charge in [0, 0.05) is 119 Å². The number of sulfonamides is 3. The van der Waals surface area contributed by atoms with Crippen LogP contribution < -0.4 is 18.9 Å². The van der Waals surface area contributed by atoms with Gasteiger partial charge in [-0.2, -0.15) is 0 Å². The number of ether oxygens (including phenoxy) is 5. The van der Waals surface area contributed by atoms with Gasteiger partial charge in [0.1, 0.15) is 42.6 Å². The molecular weight excluding hydrogens is 1910 g/mol. The monoisotopic (exact) mass is 2000 g/mol. The lowest BCUT2D eigenvalue weighted by Gasteiger charge is -2.50. The zero-order chi connectivity index (χ0) is 93.2. The third kappa shape index (κ3) is 18.5. The Kier molecular flexibility index (Phi) is 28.8. The van der Waals surface area contributed by atoms with Crippen molar-refractivity contribution in [2.24, 2.45) is 23.7 Å². The molecule has 0 N–H and O–H groups in total. The van der Waals surface area contributed by atoms with Crippen LogP contribution in [0.25, 0.3) is 0 Å². The molecule has 6 aliphatic heterocycles. The van der Waals surface area contributed by atoms with E-state index >= 15 is 17.6 Å². The molecule has 8 aromatic rings. The first-order valence-corrected chi connectivity index (χ1v) is 54.2. The second kappa shape index (κ2) is 38.3. The number of hydrogen-bond acceptors (Lipinski definition) is 17. The molecule has 0 aromatic heterocycles. The second-order valence-electron chi connectivity index (χ2n) is 35.6. The van der Waals surface area contributed by atoms with Crippen LogP contribution in [-0.4, -0.2) is 171 Å². The van der Waals surface area contributed by atoms with E-state index in [1.807, 2.05) is 24.3 Å². The zero-order valence-corrected chi connectivity index (χ0v) is 79.2. The number of benzene rings is 8. The fourth-order valence-electron chi connectivity index (χ4n) is 21.6. The molecule has 0 bridgehead atoms. The molecule has 4 saturated carbocycles. The summed E-state index contributed by atoms with van der Waals surface area (Å²) in [6, 6.07) is 33.9. The summed E-state index contributed by atoms with van der Waals surface area (Å²) in [5, 5.41) is -0.0259. The third-order valence-electron chi connectivity index (χ3n) is 28.1. The summed E-state index contributed by atoms with van der Waals surface area (Å²) in [7, 11) is -19.3. The van der Waals surface area contributed by atoms with Gasteiger partial charge >= 0.3 is 0 Å². The van der Waals surface area contributed by atoms with E-state index in [4.69, 9.17) is 70.1 Å². The summed E-state index contributed by atoms with van der Waals surface area (Å²) in [5.41, 5.74) is 0.295. The highest BCUT2D eigenvalue weighted by atomic mass is 35.5. The lowest BCUT2D eigenvalue weighted by molar-refractivity contribution is -0.0148. The van der Waals surface area contributed by atoms with Crippen molar-refractivity contribution in [2.45, 2.75) is 174 Å². The summed E-state index contributed by atoms with van der Waals surface area (Å²) in [5.74, 6) is -8.56. The van der Waals surface area contributed by atoms with Crippen molar-refractivity contribution in [1.82, 2.24) is 12.9 Å². The smallest absolute Gasteiger partial charge is 0.216 e. The standard InChI is InChI=1S/2C24H26ClF2NO3S.C23H25ClF2O6S2.C21H22ClF2NO5S2/c2*25-18-5-3-16(4-6-18)14-24-10-9-19(32(29,30)28-11-1-2-12-28)13-17(24)15-31-23-21(27)8-7-20(26)22(23)24;1-33(27,28)12-2-11-31-17-9-10-23(34(29,30)18-5-3-16(24)4-6-18)15(13-17)14-32-22-20(26)8-7-19(25)21(22)23;1-25(2)32(28,29)16-9-10-21(31(26,27)15-5-3-14(22)4-6-15)13(11-16)12-30-20-18(24)8-7-17(23)19(20)21/h2*3-8,17,19H,1-2,9-15H2;3-8,15,17H,2,9-14H2,1H3;3-8,13,16H,9-12H2,1-2H3/t17-,19+,24+;17-,19-,24+;15-,17-,23+;13-,16-,21+/m1111/s1. The van der Waals surface area contributed by atoms with E-state index in [9.17, 15) is 68.1 Å². The fraction of sp³-hybridized carbons (Fsp3) is 0.478. The first-order valence-electron chi connectivity index (χ1n) is 43.1. The van der Waals surface area contributed by atoms with Crippen LogP contribution in [0.5, 0.6) is 23.0 Å². The van der Waals surface area contributed by atoms with Gasteiger partial charge in [0.25, 0.3) is 0 Å². The topological polar surface area (TPSA) is 261 Å². The Morgan fingerprint density at radius 1 is 0.385 bits per heavy atom. The maximum atomic E-state index is 15.2. The largest absolute Gasteiger partial charge is 0.490 e. The van der Waals surface area contributed by atoms with Crippen LogP contribution in [0, 0.1) is 70.2 Å². The molecule has 6 fully saturated rings. The molecule has 38 heteroatoms. The average Bonchev–Trinajstić information content (AvgIpc) is 0.715. The van der Waals surface area contributed by atoms with Gasteiger partial charge in [-0.05, 0) is 254 Å². The van der Waals surface area contributed by atoms with E-state index in [0.29, 0.717) is 104 Å². The third-order valence-corrected chi connectivity index (χ3v) is 42.3. The van der Waals surface area contributed by atoms with Crippen LogP contribution in [0.2, 0.25) is 20.1 Å². The molecule has 130 heavy (non-hydrogen) atoms. The summed E-state index contributed by atoms with van der Waals surface area (Å²) in [6.45, 7) is 2.44. The van der Waals surface area contributed by atoms with Crippen LogP contribution in [-0.2, 0) is 97.5 Å². The Morgan fingerprint density at radius 2 is 0.692 bits per heavy atom. The molecule has 0 amide bonds. The number of sulfone groups is 3. The summed E-state index contributed by atoms with van der Waals surface area (Å²) < 4.78 is 306. The number of halogens is 12. The van der Waals surface area contributed by atoms with Crippen molar-refractivity contribution in [3.05, 3.63) is 246 Å². The number of fused-ring (bicyclic) bond motifs is 12. The molecular formula is C92H99Cl4F8N3O17S6. The van der Waals surface area contributed by atoms with Gasteiger partial charge in [-0.15, -0.1) is 0 Å². The van der Waals surface area contributed by atoms with E-state index in [1.165, 1.54) is 62.6 Å². The Morgan fingerprint density at radius 3 is 1.05 bits per heavy atom. The predicted molar refractivity (Wildman–Crippen MR) is 479 cm³/mol. The molecule has 0 unspecified atom stereocenters. The molecule has 0 radical (unpaired) electrons. The van der Waals surface area contributed by atoms with E-state index < -0.39 is 160 Å². The average molecular weight is 2010 g/mol. The number of nitrogens with zero attached hydrogens (tertiary/aromatic N) is 3. The molecule has 8 aromatic carbocycles. The molecule has 12 atom stereocenters. The minimum atomic E-state index is -4.30. The number of hydrogen-bond donors (Lipinski definition) is 0. The molecule has 704 valence electrons. The Labute approximate surface area is 773 Å². The number of rotatable bonds is 19. The van der Waals surface area contributed by atoms with Crippen LogP contribution in [0.15, 0.2) is 155 Å². The second-order valence-corrected chi connectivity index (χ2v) is 50.9. The molecule has 0 spiro atoms. The molecule has 10 aliphatic rings. The van der Waals surface area contributed by atoms with Crippen LogP contribution >= 0.6 is 46.4 Å². The van der Waals surface area contributed by atoms with E-state index in [2.05, 4.69) is 0 Å². The van der Waals surface area contributed by atoms with Gasteiger partial charge in [0.15, 0.2) is 65.9 Å². The van der Waals surface area contributed by atoms with Crippen molar-refractivity contribution >= 4 is 106 Å². The van der Waals surface area contributed by atoms with Crippen LogP contribution in [0.4, 0.5) is 35.1 Å². The molecule has 6 heterocycles. The van der Waals surface area contributed by atoms with Gasteiger partial charge in [-0.1, -0.05) is 70.7 Å². The van der Waals surface area contributed by atoms with Crippen molar-refractivity contribution in [2.75, 3.05) is 85.3 Å². The Bertz CT molecular complexity index is 6120. The van der Waals surface area contributed by atoms with Gasteiger partial charge in [0.2, 0.25) is 30.1 Å². The van der Waals surface area contributed by atoms with Crippen molar-refractivity contribution in [3.63, 3.8) is 0 Å². The summed E-state index contributed by atoms with van der Waals surface area (Å²) >= 11 is 23.9. The zero-order valence-electron chi connectivity index (χ0n) is 71.2. The van der Waals surface area contributed by atoms with Crippen molar-refractivity contribution in [3.8, 4) is 23.0 Å². The van der Waals surface area contributed by atoms with E-state index in [0.717, 1.165) is 95.9 Å². The van der Waals surface area contributed by atoms with Gasteiger partial charge in [-0.3, -0.25) is 0 Å². The van der Waals surface area contributed by atoms with Crippen LogP contribution in [0.3, 0.4) is 0 Å². The van der Waals surface area contributed by atoms with E-state index in [1.54, 1.807) is 32.9 Å². The Hall–Kier alpha value is -6.90. The first kappa shape index (κ1) is 97.6. The molecule has 2 saturated heterocycles. The molecule has 18 rings (SSSR count). The van der Waals surface area contributed by atoms with Crippen molar-refractivity contribution in [1.29, 1.82) is 0 Å². The predicted octanol–water partition coefficient (Wildman–Crippen LogP) is 18.2. The SMILES string of the molecule is CN(C)S(=O)(=O)[C@@H]1CC[C@@]2(S(=O)(=O)c3ccc(Cl)cc3)c3c(F)ccc(F)c3OC[C@H]2C1.CS(=O)(=O)CCCO[C@@H]1CC[C@@]2(S(=O)(=O)c3ccc(Cl)cc3)c3c(F)ccc(F)c3OC[C@H]2C1.O=S(=O)([C@@H]1CC[C@@]2(Cc3ccc(Cl)cc3)c3c(F)ccc(F)c3OC[C@H]2C1)N1CCCC1.O=S(=O)([C@H]1CC[C@@]2(Cc3ccc(Cl)cc3)c3c(F)ccc(F)c3OC[C@H]2C1)N1CCCC1. The summed E-state index contributed by atoms with van der Waals surface area (Å²) in [4.78, 5) is -0.136. The highest BCUT2D eigenvalue weighted by Gasteiger charge is 2.64. The maximum Gasteiger partial charge on any atom is 0.216 e. The quantitative estimate of drug-likeness (QED) is 0.0538. The lowest BCUT2D eigenvalue weighted by atomic mass is 9.58. The minimum absolute atomic E-state index is 0.00387. The van der Waals surface area contributed by atoms with E-state index in [-0.39, 0.29) is 145 Å². The maximum absolute atomic E-state index is 15.2. The minimum Gasteiger partial charge on any atom is -0.490 e. The normalized spacial score (nSPS) is 26.6. The van der Waals surface area contributed by atoms with Gasteiger partial charge in [0.05, 0.1) is 75.0 Å². The van der Waals surface area contributed by atoms with Crippen LogP contribution in [0.1, 0.15) is 143 Å². The van der Waals surface area contributed by atoms with Gasteiger partial charge in [-0.25, -0.2) is 98.5 Å². The lowest BCUT2D eigenvalue weighted by Crippen LogP contribution is -2.54. The van der Waals surface area contributed by atoms with Gasteiger partial charge < -0.3 is 23.7 Å². The summed E-state index contributed by atoms with van der Waals surface area (Å²) in [6.07, 6.45) is 8.30. The Balaban J connectivity index is 0.000000133. The highest BCUT2D eigenvalue weighted by molar-refractivity contribution is 7.93.